The summed E-state index contributed by atoms with van der Waals surface area (Å²) in [5.74, 6) is 0. The van der Waals surface area contributed by atoms with Gasteiger partial charge in [-0.2, -0.15) is 0 Å². The number of hydrogen-bond donors (Lipinski definition) is 2. The molecule has 2 rings (SSSR count). The van der Waals surface area contributed by atoms with Gasteiger partial charge < -0.3 is 15.2 Å². The molecule has 1 aromatic carbocycles. The molecule has 1 fully saturated rings. The van der Waals surface area contributed by atoms with Crippen LogP contribution >= 0.6 is 0 Å². The van der Waals surface area contributed by atoms with Gasteiger partial charge in [0.25, 0.3) is 0 Å². The summed E-state index contributed by atoms with van der Waals surface area (Å²) in [6, 6.07) is 8.12. The smallest absolute Gasteiger partial charge is 0.0834 e. The highest BCUT2D eigenvalue weighted by Crippen LogP contribution is 2.39. The predicted octanol–water partition coefficient (Wildman–Crippen LogP) is 2.94. The molecule has 1 aliphatic heterocycles. The highest BCUT2D eigenvalue weighted by molar-refractivity contribution is 5.52. The van der Waals surface area contributed by atoms with Crippen molar-refractivity contribution >= 4 is 5.69 Å². The molecule has 1 heterocycles. The molecule has 0 aliphatic carbocycles. The fourth-order valence-electron chi connectivity index (χ4n) is 2.77. The number of nitrogens with one attached hydrogen (secondary N) is 1. The third-order valence-electron chi connectivity index (χ3n) is 3.59. The van der Waals surface area contributed by atoms with Crippen LogP contribution in [0.5, 0.6) is 0 Å². The first-order valence-corrected chi connectivity index (χ1v) is 6.49. The van der Waals surface area contributed by atoms with Crippen LogP contribution in [-0.4, -0.2) is 22.4 Å². The molecule has 0 aromatic heterocycles. The van der Waals surface area contributed by atoms with E-state index in [2.05, 4.69) is 33.0 Å². The Bertz CT molecular complexity index is 426. The Kier molecular flexibility index (Phi) is 3.39. The van der Waals surface area contributed by atoms with Gasteiger partial charge >= 0.3 is 0 Å². The monoisotopic (exact) mass is 249 g/mol. The van der Waals surface area contributed by atoms with E-state index in [1.807, 2.05) is 24.3 Å². The second-order valence-corrected chi connectivity index (χ2v) is 6.18. The van der Waals surface area contributed by atoms with Crippen molar-refractivity contribution < 1.29 is 9.84 Å². The maximum atomic E-state index is 9.35. The molecular weight excluding hydrogens is 226 g/mol. The van der Waals surface area contributed by atoms with Crippen molar-refractivity contribution in [2.24, 2.45) is 0 Å². The molecular formula is C15H23NO2. The molecule has 2 N–H and O–H groups in total. The number of aliphatic hydroxyl groups is 1. The van der Waals surface area contributed by atoms with Gasteiger partial charge in [-0.25, -0.2) is 0 Å². The number of ether oxygens (including phenoxy) is 1. The molecule has 0 saturated carbocycles. The molecule has 100 valence electrons. The molecule has 1 saturated heterocycles. The van der Waals surface area contributed by atoms with Crippen molar-refractivity contribution in [3.8, 4) is 0 Å². The van der Waals surface area contributed by atoms with Gasteiger partial charge in [0.2, 0.25) is 0 Å². The second-order valence-electron chi connectivity index (χ2n) is 6.18. The lowest BCUT2D eigenvalue weighted by atomic mass is 9.94. The van der Waals surface area contributed by atoms with Crippen LogP contribution in [0, 0.1) is 0 Å². The van der Waals surface area contributed by atoms with Crippen LogP contribution in [0.15, 0.2) is 24.3 Å². The van der Waals surface area contributed by atoms with Gasteiger partial charge in [-0.05, 0) is 40.2 Å². The molecule has 0 radical (unpaired) electrons. The van der Waals surface area contributed by atoms with E-state index < -0.39 is 0 Å². The SMILES string of the molecule is CC1(C)CC(Nc2ccccc2CO)C(C)(C)O1. The number of rotatable bonds is 3. The van der Waals surface area contributed by atoms with Gasteiger partial charge in [0.1, 0.15) is 0 Å². The molecule has 1 atom stereocenters. The van der Waals surface area contributed by atoms with Crippen molar-refractivity contribution in [2.45, 2.75) is 58.0 Å². The van der Waals surface area contributed by atoms with E-state index in [1.54, 1.807) is 0 Å². The minimum Gasteiger partial charge on any atom is -0.392 e. The molecule has 3 heteroatoms. The third-order valence-corrected chi connectivity index (χ3v) is 3.59. The van der Waals surface area contributed by atoms with Gasteiger partial charge in [-0.1, -0.05) is 18.2 Å². The summed E-state index contributed by atoms with van der Waals surface area (Å²) in [6.07, 6.45) is 0.958. The quantitative estimate of drug-likeness (QED) is 0.865. The lowest BCUT2D eigenvalue weighted by Gasteiger charge is -2.29. The lowest BCUT2D eigenvalue weighted by molar-refractivity contribution is -0.0662. The topological polar surface area (TPSA) is 41.5 Å². The predicted molar refractivity (Wildman–Crippen MR) is 73.6 cm³/mol. The highest BCUT2D eigenvalue weighted by Gasteiger charge is 2.45. The highest BCUT2D eigenvalue weighted by atomic mass is 16.5. The minimum atomic E-state index is -0.202. The Labute approximate surface area is 109 Å². The van der Waals surface area contributed by atoms with Gasteiger partial charge in [0, 0.05) is 11.3 Å². The average molecular weight is 249 g/mol. The Hall–Kier alpha value is -1.06. The first kappa shape index (κ1) is 13.4. The van der Waals surface area contributed by atoms with E-state index in [-0.39, 0.29) is 23.9 Å². The molecule has 0 amide bonds. The average Bonchev–Trinajstić information content (AvgIpc) is 2.47. The largest absolute Gasteiger partial charge is 0.392 e. The summed E-state index contributed by atoms with van der Waals surface area (Å²) in [5.41, 5.74) is 1.62. The van der Waals surface area contributed by atoms with Crippen molar-refractivity contribution in [2.75, 3.05) is 5.32 Å². The minimum absolute atomic E-state index is 0.0561. The summed E-state index contributed by atoms with van der Waals surface area (Å²) in [5, 5.41) is 12.9. The fraction of sp³-hybridized carbons (Fsp3) is 0.600. The van der Waals surface area contributed by atoms with Crippen LogP contribution in [0.1, 0.15) is 39.7 Å². The van der Waals surface area contributed by atoms with Crippen LogP contribution in [0.4, 0.5) is 5.69 Å². The summed E-state index contributed by atoms with van der Waals surface area (Å²) in [6.45, 7) is 8.52. The van der Waals surface area contributed by atoms with Crippen LogP contribution in [0.2, 0.25) is 0 Å². The zero-order chi connectivity index (χ0) is 13.4. The maximum absolute atomic E-state index is 9.35. The fourth-order valence-corrected chi connectivity index (χ4v) is 2.77. The maximum Gasteiger partial charge on any atom is 0.0834 e. The number of para-hydroxylation sites is 1. The van der Waals surface area contributed by atoms with E-state index >= 15 is 0 Å². The molecule has 3 nitrogen and oxygen atoms in total. The number of benzene rings is 1. The number of anilines is 1. The molecule has 18 heavy (non-hydrogen) atoms. The van der Waals surface area contributed by atoms with Gasteiger partial charge in [0.15, 0.2) is 0 Å². The zero-order valence-electron chi connectivity index (χ0n) is 11.7. The third kappa shape index (κ3) is 2.68. The Balaban J connectivity index is 2.19. The van der Waals surface area contributed by atoms with Crippen molar-refractivity contribution in [3.63, 3.8) is 0 Å². The number of hydrogen-bond acceptors (Lipinski definition) is 3. The van der Waals surface area contributed by atoms with Crippen molar-refractivity contribution in [3.05, 3.63) is 29.8 Å². The van der Waals surface area contributed by atoms with Crippen LogP contribution in [0.3, 0.4) is 0 Å². The second kappa shape index (κ2) is 4.56. The van der Waals surface area contributed by atoms with E-state index in [0.29, 0.717) is 0 Å². The van der Waals surface area contributed by atoms with Crippen molar-refractivity contribution in [1.29, 1.82) is 0 Å². The molecule has 0 spiro atoms. The Morgan fingerprint density at radius 2 is 1.94 bits per heavy atom. The van der Waals surface area contributed by atoms with Gasteiger partial charge in [-0.15, -0.1) is 0 Å². The van der Waals surface area contributed by atoms with Crippen LogP contribution < -0.4 is 5.32 Å². The standard InChI is InChI=1S/C15H23NO2/c1-14(2)9-13(15(3,4)18-14)16-12-8-6-5-7-11(12)10-17/h5-8,13,16-17H,9-10H2,1-4H3. The first-order chi connectivity index (χ1) is 8.34. The van der Waals surface area contributed by atoms with E-state index in [0.717, 1.165) is 17.7 Å². The lowest BCUT2D eigenvalue weighted by Crippen LogP contribution is -2.38. The van der Waals surface area contributed by atoms with Crippen LogP contribution in [0.25, 0.3) is 0 Å². The first-order valence-electron chi connectivity index (χ1n) is 6.49. The van der Waals surface area contributed by atoms with Crippen molar-refractivity contribution in [1.82, 2.24) is 0 Å². The summed E-state index contributed by atoms with van der Waals surface area (Å²) >= 11 is 0. The van der Waals surface area contributed by atoms with Gasteiger partial charge in [0.05, 0.1) is 23.9 Å². The molecule has 1 aliphatic rings. The normalized spacial score (nSPS) is 25.1. The zero-order valence-corrected chi connectivity index (χ0v) is 11.7. The van der Waals surface area contributed by atoms with Crippen LogP contribution in [-0.2, 0) is 11.3 Å². The molecule has 1 unspecified atom stereocenters. The van der Waals surface area contributed by atoms with E-state index in [1.165, 1.54) is 0 Å². The molecule has 1 aromatic rings. The summed E-state index contributed by atoms with van der Waals surface area (Å²) < 4.78 is 6.07. The Morgan fingerprint density at radius 3 is 2.50 bits per heavy atom. The van der Waals surface area contributed by atoms with E-state index in [4.69, 9.17) is 4.74 Å². The van der Waals surface area contributed by atoms with Gasteiger partial charge in [-0.3, -0.25) is 0 Å². The molecule has 0 bridgehead atoms. The summed E-state index contributed by atoms with van der Waals surface area (Å²) in [7, 11) is 0. The number of aliphatic hydroxyl groups excluding tert-OH is 1. The van der Waals surface area contributed by atoms with E-state index in [9.17, 15) is 5.11 Å². The Morgan fingerprint density at radius 1 is 1.28 bits per heavy atom. The summed E-state index contributed by atoms with van der Waals surface area (Å²) in [4.78, 5) is 0.